The molecule has 0 aliphatic heterocycles. The van der Waals surface area contributed by atoms with Gasteiger partial charge in [-0.05, 0) is 45.6 Å². The summed E-state index contributed by atoms with van der Waals surface area (Å²) in [5.74, 6) is -0.509. The van der Waals surface area contributed by atoms with Gasteiger partial charge in [0.25, 0.3) is 0 Å². The van der Waals surface area contributed by atoms with Crippen LogP contribution >= 0.6 is 0 Å². The number of rotatable bonds is 7. The minimum atomic E-state index is -4.60. The van der Waals surface area contributed by atoms with Crippen LogP contribution in [0.5, 0.6) is 5.75 Å². The molecule has 2 aromatic rings. The van der Waals surface area contributed by atoms with Crippen molar-refractivity contribution in [1.82, 2.24) is 14.9 Å². The normalized spacial score (nSPS) is 12.0. The Hall–Kier alpha value is -2.09. The molecule has 0 atom stereocenters. The summed E-state index contributed by atoms with van der Waals surface area (Å²) in [5, 5.41) is 3.54. The van der Waals surface area contributed by atoms with E-state index in [4.69, 9.17) is 4.74 Å². The van der Waals surface area contributed by atoms with Crippen molar-refractivity contribution in [3.05, 3.63) is 24.0 Å². The average molecular weight is 342 g/mol. The molecule has 1 heterocycles. The summed E-state index contributed by atoms with van der Waals surface area (Å²) in [6.07, 6.45) is -2.82. The van der Waals surface area contributed by atoms with Crippen molar-refractivity contribution in [3.63, 3.8) is 0 Å². The highest BCUT2D eigenvalue weighted by molar-refractivity contribution is 5.90. The number of nitrogens with zero attached hydrogens (tertiary/aromatic N) is 3. The van der Waals surface area contributed by atoms with Gasteiger partial charge in [0, 0.05) is 18.0 Å². The van der Waals surface area contributed by atoms with Crippen molar-refractivity contribution in [2.24, 2.45) is 0 Å². The van der Waals surface area contributed by atoms with Crippen LogP contribution in [-0.4, -0.2) is 49.2 Å². The second kappa shape index (κ2) is 7.65. The van der Waals surface area contributed by atoms with Crippen LogP contribution in [0.4, 0.5) is 19.0 Å². The molecule has 0 unspecified atom stereocenters. The van der Waals surface area contributed by atoms with Crippen molar-refractivity contribution in [1.29, 1.82) is 0 Å². The summed E-state index contributed by atoms with van der Waals surface area (Å²) in [6.45, 7) is 1.47. The quantitative estimate of drug-likeness (QED) is 0.782. The molecule has 1 N–H and O–H groups in total. The maximum absolute atomic E-state index is 13.0. The van der Waals surface area contributed by atoms with Crippen molar-refractivity contribution in [2.45, 2.75) is 19.0 Å². The third-order valence-electron chi connectivity index (χ3n) is 3.48. The van der Waals surface area contributed by atoms with Gasteiger partial charge in [0.2, 0.25) is 5.82 Å². The maximum atomic E-state index is 13.0. The van der Waals surface area contributed by atoms with Crippen LogP contribution in [-0.2, 0) is 6.18 Å². The number of unbranched alkanes of at least 4 members (excludes halogenated alkanes) is 1. The van der Waals surface area contributed by atoms with Gasteiger partial charge in [-0.3, -0.25) is 0 Å². The van der Waals surface area contributed by atoms with E-state index in [0.717, 1.165) is 19.4 Å². The minimum absolute atomic E-state index is 0.194. The second-order valence-electron chi connectivity index (χ2n) is 5.71. The van der Waals surface area contributed by atoms with E-state index in [-0.39, 0.29) is 11.3 Å². The number of fused-ring (bicyclic) bond motifs is 1. The Bertz CT molecular complexity index is 689. The van der Waals surface area contributed by atoms with Gasteiger partial charge in [-0.1, -0.05) is 0 Å². The summed E-state index contributed by atoms with van der Waals surface area (Å²) < 4.78 is 44.1. The first-order valence-corrected chi connectivity index (χ1v) is 7.63. The molecule has 0 fully saturated rings. The largest absolute Gasteiger partial charge is 0.497 e. The molecule has 0 spiro atoms. The third-order valence-corrected chi connectivity index (χ3v) is 3.48. The van der Waals surface area contributed by atoms with Gasteiger partial charge in [0.15, 0.2) is 0 Å². The molecule has 0 bridgehead atoms. The highest BCUT2D eigenvalue weighted by Crippen LogP contribution is 2.31. The topological polar surface area (TPSA) is 50.3 Å². The first-order valence-electron chi connectivity index (χ1n) is 7.63. The first kappa shape index (κ1) is 18.3. The monoisotopic (exact) mass is 342 g/mol. The van der Waals surface area contributed by atoms with Crippen molar-refractivity contribution < 1.29 is 17.9 Å². The minimum Gasteiger partial charge on any atom is -0.497 e. The zero-order chi connectivity index (χ0) is 17.7. The summed E-state index contributed by atoms with van der Waals surface area (Å²) >= 11 is 0. The number of anilines is 1. The van der Waals surface area contributed by atoms with Crippen molar-refractivity contribution in [2.75, 3.05) is 39.6 Å². The van der Waals surface area contributed by atoms with Gasteiger partial charge in [-0.15, -0.1) is 0 Å². The summed E-state index contributed by atoms with van der Waals surface area (Å²) in [4.78, 5) is 9.35. The SMILES string of the molecule is COc1ccc2c(NCCCCN(C)C)nc(C(F)(F)F)nc2c1. The van der Waals surface area contributed by atoms with Crippen LogP contribution in [0.3, 0.4) is 0 Å². The number of ether oxygens (including phenoxy) is 1. The predicted octanol–water partition coefficient (Wildman–Crippen LogP) is 3.41. The molecule has 0 amide bonds. The second-order valence-corrected chi connectivity index (χ2v) is 5.71. The molecule has 5 nitrogen and oxygen atoms in total. The standard InChI is InChI=1S/C16H21F3N4O/c1-23(2)9-5-4-8-20-14-12-7-6-11(24-3)10-13(12)21-15(22-14)16(17,18)19/h6-7,10H,4-5,8-9H2,1-3H3,(H,20,21,22). The first-order chi connectivity index (χ1) is 11.3. The van der Waals surface area contributed by atoms with E-state index in [1.807, 2.05) is 14.1 Å². The summed E-state index contributed by atoms with van der Waals surface area (Å²) in [6, 6.07) is 4.82. The Labute approximate surface area is 138 Å². The highest BCUT2D eigenvalue weighted by Gasteiger charge is 2.35. The lowest BCUT2D eigenvalue weighted by Gasteiger charge is -2.13. The zero-order valence-electron chi connectivity index (χ0n) is 13.9. The Morgan fingerprint density at radius 2 is 1.92 bits per heavy atom. The molecule has 0 saturated carbocycles. The lowest BCUT2D eigenvalue weighted by molar-refractivity contribution is -0.144. The molecule has 24 heavy (non-hydrogen) atoms. The van der Waals surface area contributed by atoms with Gasteiger partial charge in [-0.25, -0.2) is 9.97 Å². The molecule has 0 saturated heterocycles. The number of aromatic nitrogens is 2. The summed E-state index contributed by atoms with van der Waals surface area (Å²) in [5.41, 5.74) is 0.201. The molecular formula is C16H21F3N4O. The molecule has 0 aliphatic carbocycles. The Balaban J connectivity index is 2.25. The van der Waals surface area contributed by atoms with E-state index < -0.39 is 12.0 Å². The predicted molar refractivity (Wildman–Crippen MR) is 87.4 cm³/mol. The lowest BCUT2D eigenvalue weighted by atomic mass is 10.2. The number of benzene rings is 1. The molecule has 0 radical (unpaired) electrons. The fourth-order valence-corrected chi connectivity index (χ4v) is 2.26. The summed E-state index contributed by atoms with van der Waals surface area (Å²) in [7, 11) is 5.42. The van der Waals surface area contributed by atoms with Crippen LogP contribution in [0.1, 0.15) is 18.7 Å². The maximum Gasteiger partial charge on any atom is 0.451 e. The van der Waals surface area contributed by atoms with E-state index in [0.29, 0.717) is 17.7 Å². The molecule has 8 heteroatoms. The van der Waals surface area contributed by atoms with Crippen LogP contribution in [0.2, 0.25) is 0 Å². The third kappa shape index (κ3) is 4.70. The highest BCUT2D eigenvalue weighted by atomic mass is 19.4. The van der Waals surface area contributed by atoms with Crippen molar-refractivity contribution in [3.8, 4) is 5.75 Å². The van der Waals surface area contributed by atoms with Crippen LogP contribution in [0.15, 0.2) is 18.2 Å². The van der Waals surface area contributed by atoms with Gasteiger partial charge in [0.05, 0.1) is 12.6 Å². The Morgan fingerprint density at radius 1 is 1.17 bits per heavy atom. The fraction of sp³-hybridized carbons (Fsp3) is 0.500. The average Bonchev–Trinajstić information content (AvgIpc) is 2.52. The van der Waals surface area contributed by atoms with Crippen LogP contribution in [0, 0.1) is 0 Å². The molecule has 0 aliphatic rings. The van der Waals surface area contributed by atoms with Crippen molar-refractivity contribution >= 4 is 16.7 Å². The molecule has 2 rings (SSSR count). The number of alkyl halides is 3. The van der Waals surface area contributed by atoms with Gasteiger partial charge >= 0.3 is 6.18 Å². The number of halogens is 3. The van der Waals surface area contributed by atoms with E-state index in [1.165, 1.54) is 13.2 Å². The van der Waals surface area contributed by atoms with Gasteiger partial charge in [-0.2, -0.15) is 13.2 Å². The van der Waals surface area contributed by atoms with Crippen LogP contribution < -0.4 is 10.1 Å². The molecule has 1 aromatic carbocycles. The van der Waals surface area contributed by atoms with E-state index >= 15 is 0 Å². The lowest BCUT2D eigenvalue weighted by Crippen LogP contribution is -2.16. The fourth-order valence-electron chi connectivity index (χ4n) is 2.26. The van der Waals surface area contributed by atoms with E-state index in [9.17, 15) is 13.2 Å². The zero-order valence-corrected chi connectivity index (χ0v) is 13.9. The van der Waals surface area contributed by atoms with Gasteiger partial charge < -0.3 is 15.0 Å². The Kier molecular flexibility index (Phi) is 5.82. The van der Waals surface area contributed by atoms with Gasteiger partial charge in [0.1, 0.15) is 11.6 Å². The van der Waals surface area contributed by atoms with Crippen LogP contribution in [0.25, 0.3) is 10.9 Å². The molecule has 1 aromatic heterocycles. The molecule has 132 valence electrons. The van der Waals surface area contributed by atoms with E-state index in [1.54, 1.807) is 12.1 Å². The smallest absolute Gasteiger partial charge is 0.451 e. The Morgan fingerprint density at radius 3 is 2.54 bits per heavy atom. The number of hydrogen-bond donors (Lipinski definition) is 1. The molecular weight excluding hydrogens is 321 g/mol. The number of hydrogen-bond acceptors (Lipinski definition) is 5. The number of nitrogens with one attached hydrogen (secondary N) is 1. The number of methoxy groups -OCH3 is 1. The van der Waals surface area contributed by atoms with E-state index in [2.05, 4.69) is 20.2 Å².